The first kappa shape index (κ1) is 10.4. The monoisotopic (exact) mass is 249 g/mol. The maximum Gasteiger partial charge on any atom is 0.335 e. The Hall–Kier alpha value is -2.55. The van der Waals surface area contributed by atoms with E-state index in [0.29, 0.717) is 5.56 Å². The lowest BCUT2D eigenvalue weighted by molar-refractivity contribution is 0.0697. The van der Waals surface area contributed by atoms with Gasteiger partial charge < -0.3 is 9.67 Å². The number of nitrogens with zero attached hydrogens (tertiary/aromatic N) is 1. The molecule has 2 heterocycles. The van der Waals surface area contributed by atoms with Crippen LogP contribution in [0.1, 0.15) is 15.9 Å². The highest BCUT2D eigenvalue weighted by atomic mass is 16.4. The zero-order chi connectivity index (χ0) is 13.0. The first-order chi connectivity index (χ1) is 9.24. The van der Waals surface area contributed by atoms with Crippen molar-refractivity contribution >= 4 is 16.9 Å². The number of hydrogen-bond acceptors (Lipinski definition) is 1. The van der Waals surface area contributed by atoms with Crippen LogP contribution in [0.3, 0.4) is 0 Å². The van der Waals surface area contributed by atoms with Crippen molar-refractivity contribution < 1.29 is 9.90 Å². The molecule has 0 unspecified atom stereocenters. The molecule has 0 radical (unpaired) electrons. The lowest BCUT2D eigenvalue weighted by Gasteiger charge is -2.01. The van der Waals surface area contributed by atoms with Crippen molar-refractivity contribution in [2.75, 3.05) is 0 Å². The smallest absolute Gasteiger partial charge is 0.335 e. The summed E-state index contributed by atoms with van der Waals surface area (Å²) >= 11 is 0. The minimum atomic E-state index is -0.882. The van der Waals surface area contributed by atoms with Crippen molar-refractivity contribution in [1.29, 1.82) is 0 Å². The predicted molar refractivity (Wildman–Crippen MR) is 73.4 cm³/mol. The summed E-state index contributed by atoms with van der Waals surface area (Å²) < 4.78 is 2.19. The molecule has 0 aliphatic carbocycles. The van der Waals surface area contributed by atoms with E-state index >= 15 is 0 Å². The molecular weight excluding hydrogens is 238 g/mol. The largest absolute Gasteiger partial charge is 0.478 e. The number of carboxylic acid groups (broad SMARTS) is 1. The van der Waals surface area contributed by atoms with E-state index in [1.54, 1.807) is 12.1 Å². The van der Waals surface area contributed by atoms with Gasteiger partial charge in [0.25, 0.3) is 0 Å². The van der Waals surface area contributed by atoms with Crippen LogP contribution >= 0.6 is 0 Å². The quantitative estimate of drug-likeness (QED) is 0.562. The molecule has 92 valence electrons. The third-order valence-electron chi connectivity index (χ3n) is 3.77. The van der Waals surface area contributed by atoms with Gasteiger partial charge in [-0.05, 0) is 23.8 Å². The molecule has 0 atom stereocenters. The van der Waals surface area contributed by atoms with Crippen LogP contribution in [0.2, 0.25) is 0 Å². The number of carbonyl (C=O) groups is 1. The Bertz CT molecular complexity index is 830. The normalized spacial score (nSPS) is 12.4. The fourth-order valence-electron chi connectivity index (χ4n) is 2.86. The second-order valence-corrected chi connectivity index (χ2v) is 4.85. The Morgan fingerprint density at radius 3 is 2.79 bits per heavy atom. The summed E-state index contributed by atoms with van der Waals surface area (Å²) in [6, 6.07) is 15.7. The highest BCUT2D eigenvalue weighted by molar-refractivity contribution is 5.96. The van der Waals surface area contributed by atoms with Crippen molar-refractivity contribution in [3.8, 4) is 11.3 Å². The number of aromatic nitrogens is 1. The highest BCUT2D eigenvalue weighted by Gasteiger charge is 2.20. The Morgan fingerprint density at radius 2 is 1.95 bits per heavy atom. The topological polar surface area (TPSA) is 42.2 Å². The first-order valence-electron chi connectivity index (χ1n) is 6.19. The van der Waals surface area contributed by atoms with Crippen LogP contribution < -0.4 is 0 Å². The summed E-state index contributed by atoms with van der Waals surface area (Å²) in [5, 5.41) is 10.2. The first-order valence-corrected chi connectivity index (χ1v) is 6.19. The average Bonchev–Trinajstić information content (AvgIpc) is 2.94. The van der Waals surface area contributed by atoms with Crippen molar-refractivity contribution in [1.82, 2.24) is 4.57 Å². The Morgan fingerprint density at radius 1 is 1.11 bits per heavy atom. The number of rotatable bonds is 1. The molecule has 4 rings (SSSR count). The SMILES string of the molecule is O=C(O)c1ccc2cc3n(c2c1)Cc1ccccc1-3. The molecule has 19 heavy (non-hydrogen) atoms. The van der Waals surface area contributed by atoms with Gasteiger partial charge in [-0.2, -0.15) is 0 Å². The Labute approximate surface area is 109 Å². The van der Waals surface area contributed by atoms with Gasteiger partial charge in [0.05, 0.1) is 5.56 Å². The Balaban J connectivity index is 2.01. The lowest BCUT2D eigenvalue weighted by Crippen LogP contribution is -1.97. The van der Waals surface area contributed by atoms with E-state index < -0.39 is 5.97 Å². The number of aromatic carboxylic acids is 1. The summed E-state index contributed by atoms with van der Waals surface area (Å²) in [4.78, 5) is 11.1. The van der Waals surface area contributed by atoms with Crippen LogP contribution in [0.15, 0.2) is 48.5 Å². The number of benzene rings is 2. The molecule has 3 aromatic rings. The molecule has 1 aliphatic heterocycles. The third-order valence-corrected chi connectivity index (χ3v) is 3.77. The minimum absolute atomic E-state index is 0.337. The average molecular weight is 249 g/mol. The zero-order valence-electron chi connectivity index (χ0n) is 10.1. The van der Waals surface area contributed by atoms with E-state index in [4.69, 9.17) is 5.11 Å². The molecular formula is C16H11NO2. The van der Waals surface area contributed by atoms with Crippen molar-refractivity contribution in [3.05, 3.63) is 59.7 Å². The van der Waals surface area contributed by atoms with Crippen molar-refractivity contribution in [2.24, 2.45) is 0 Å². The van der Waals surface area contributed by atoms with Gasteiger partial charge in [-0.15, -0.1) is 0 Å². The summed E-state index contributed by atoms with van der Waals surface area (Å²) in [5.41, 5.74) is 5.04. The van der Waals surface area contributed by atoms with Gasteiger partial charge in [0.15, 0.2) is 0 Å². The predicted octanol–water partition coefficient (Wildman–Crippen LogP) is 3.37. The number of fused-ring (bicyclic) bond motifs is 5. The molecule has 1 aromatic heterocycles. The molecule has 3 nitrogen and oxygen atoms in total. The van der Waals surface area contributed by atoms with Crippen molar-refractivity contribution in [3.63, 3.8) is 0 Å². The molecule has 0 fully saturated rings. The van der Waals surface area contributed by atoms with Gasteiger partial charge in [-0.1, -0.05) is 30.3 Å². The van der Waals surface area contributed by atoms with Gasteiger partial charge in [-0.3, -0.25) is 0 Å². The lowest BCUT2D eigenvalue weighted by atomic mass is 10.1. The number of hydrogen-bond donors (Lipinski definition) is 1. The summed E-state index contributed by atoms with van der Waals surface area (Å²) in [7, 11) is 0. The Kier molecular flexibility index (Phi) is 1.90. The third kappa shape index (κ3) is 1.35. The van der Waals surface area contributed by atoms with E-state index in [2.05, 4.69) is 22.8 Å². The summed E-state index contributed by atoms with van der Waals surface area (Å²) in [6.07, 6.45) is 0. The van der Waals surface area contributed by atoms with Gasteiger partial charge in [0.1, 0.15) is 0 Å². The van der Waals surface area contributed by atoms with Crippen LogP contribution in [0, 0.1) is 0 Å². The minimum Gasteiger partial charge on any atom is -0.478 e. The van der Waals surface area contributed by atoms with E-state index in [1.807, 2.05) is 18.2 Å². The fraction of sp³-hybridized carbons (Fsp3) is 0.0625. The molecule has 1 aliphatic rings. The molecule has 0 spiro atoms. The van der Waals surface area contributed by atoms with Gasteiger partial charge in [0, 0.05) is 28.7 Å². The van der Waals surface area contributed by atoms with Gasteiger partial charge in [-0.25, -0.2) is 4.79 Å². The maximum absolute atomic E-state index is 11.1. The van der Waals surface area contributed by atoms with E-state index in [1.165, 1.54) is 16.8 Å². The van der Waals surface area contributed by atoms with E-state index in [0.717, 1.165) is 17.4 Å². The highest BCUT2D eigenvalue weighted by Crippen LogP contribution is 2.37. The molecule has 0 saturated carbocycles. The van der Waals surface area contributed by atoms with Crippen LogP contribution in [-0.4, -0.2) is 15.6 Å². The molecule has 2 aromatic carbocycles. The van der Waals surface area contributed by atoms with E-state index in [9.17, 15) is 4.79 Å². The molecule has 0 amide bonds. The van der Waals surface area contributed by atoms with Crippen LogP contribution in [-0.2, 0) is 6.54 Å². The van der Waals surface area contributed by atoms with Crippen LogP contribution in [0.5, 0.6) is 0 Å². The molecule has 0 saturated heterocycles. The van der Waals surface area contributed by atoms with Crippen LogP contribution in [0.4, 0.5) is 0 Å². The van der Waals surface area contributed by atoms with E-state index in [-0.39, 0.29) is 0 Å². The van der Waals surface area contributed by atoms with Crippen LogP contribution in [0.25, 0.3) is 22.2 Å². The summed E-state index contributed by atoms with van der Waals surface area (Å²) in [5.74, 6) is -0.882. The fourth-order valence-corrected chi connectivity index (χ4v) is 2.86. The van der Waals surface area contributed by atoms with Gasteiger partial charge >= 0.3 is 5.97 Å². The standard InChI is InChI=1S/C16H11NO2/c18-16(19)11-6-5-10-7-15-13-4-2-1-3-12(13)9-17(15)14(10)8-11/h1-8H,9H2,(H,18,19). The second kappa shape index (κ2) is 3.48. The molecule has 0 bridgehead atoms. The molecule has 1 N–H and O–H groups in total. The molecule has 3 heteroatoms. The van der Waals surface area contributed by atoms with Crippen molar-refractivity contribution in [2.45, 2.75) is 6.54 Å². The maximum atomic E-state index is 11.1. The van der Waals surface area contributed by atoms with Gasteiger partial charge in [0.2, 0.25) is 0 Å². The summed E-state index contributed by atoms with van der Waals surface area (Å²) in [6.45, 7) is 0.818. The zero-order valence-corrected chi connectivity index (χ0v) is 10.1. The second-order valence-electron chi connectivity index (χ2n) is 4.85. The number of carboxylic acids is 1.